The number of nitrogens with one attached hydrogen (secondary N) is 2. The molecule has 1 amide bonds. The topological polar surface area (TPSA) is 122 Å². The van der Waals surface area contributed by atoms with Crippen molar-refractivity contribution in [2.45, 2.75) is 26.3 Å². The summed E-state index contributed by atoms with van der Waals surface area (Å²) in [5.74, 6) is -0.140. The van der Waals surface area contributed by atoms with Crippen molar-refractivity contribution in [2.24, 2.45) is 0 Å². The molecular weight excluding hydrogens is 534 g/mol. The van der Waals surface area contributed by atoms with E-state index in [1.54, 1.807) is 32.5 Å². The van der Waals surface area contributed by atoms with Crippen LogP contribution in [-0.4, -0.2) is 96.7 Å². The number of pyridine rings is 1. The number of rotatable bonds is 9. The molecule has 2 aliphatic rings. The van der Waals surface area contributed by atoms with Gasteiger partial charge in [0.25, 0.3) is 0 Å². The Bertz CT molecular complexity index is 1520. The summed E-state index contributed by atoms with van der Waals surface area (Å²) in [6, 6.07) is 7.27. The third-order valence-corrected chi connectivity index (χ3v) is 7.82. The van der Waals surface area contributed by atoms with Crippen LogP contribution in [0.5, 0.6) is 0 Å². The molecule has 1 fully saturated rings. The van der Waals surface area contributed by atoms with Crippen LogP contribution in [0.4, 0.5) is 17.3 Å². The van der Waals surface area contributed by atoms with Crippen molar-refractivity contribution >= 4 is 34.8 Å². The number of aryl methyl sites for hydroxylation is 2. The van der Waals surface area contributed by atoms with Gasteiger partial charge >= 0.3 is 5.97 Å². The maximum Gasteiger partial charge on any atom is 0.339 e. The summed E-state index contributed by atoms with van der Waals surface area (Å²) < 4.78 is 10.3. The highest BCUT2D eigenvalue weighted by atomic mass is 16.5. The van der Waals surface area contributed by atoms with Gasteiger partial charge in [-0.3, -0.25) is 14.7 Å². The molecule has 0 unspecified atom stereocenters. The van der Waals surface area contributed by atoms with Crippen molar-refractivity contribution in [3.63, 3.8) is 0 Å². The molecule has 11 heteroatoms. The number of nitrogens with zero attached hydrogens (tertiary/aromatic N) is 5. The molecule has 1 atom stereocenters. The molecule has 1 aliphatic heterocycles. The number of ether oxygens (including phenoxy) is 2. The molecule has 42 heavy (non-hydrogen) atoms. The molecule has 2 aromatic heterocycles. The number of anilines is 3. The molecule has 0 radical (unpaired) electrons. The van der Waals surface area contributed by atoms with E-state index in [1.165, 1.54) is 7.11 Å². The molecule has 1 aromatic carbocycles. The van der Waals surface area contributed by atoms with E-state index in [1.807, 2.05) is 19.1 Å². The van der Waals surface area contributed by atoms with E-state index >= 15 is 0 Å². The fraction of sp³-hybridized carbons (Fsp3) is 0.387. The predicted octanol–water partition coefficient (Wildman–Crippen LogP) is 3.21. The highest BCUT2D eigenvalue weighted by molar-refractivity contribution is 5.98. The predicted molar refractivity (Wildman–Crippen MR) is 161 cm³/mol. The third-order valence-electron chi connectivity index (χ3n) is 7.82. The number of benzene rings is 1. The fourth-order valence-corrected chi connectivity index (χ4v) is 5.39. The van der Waals surface area contributed by atoms with Crippen molar-refractivity contribution < 1.29 is 19.1 Å². The highest BCUT2D eigenvalue weighted by Crippen LogP contribution is 2.37. The van der Waals surface area contributed by atoms with Gasteiger partial charge in [-0.15, -0.1) is 0 Å². The van der Waals surface area contributed by atoms with Gasteiger partial charge in [-0.1, -0.05) is 18.2 Å². The molecular formula is C31H37N7O4. The SMILES string of the molecule is COC[C@H](C(=O)Nc1cccc2c1CC=C2c1nc(Nc2cnc(C)c(C(=O)OC)c2)ncc1C)N1CCN(C)CC1. The lowest BCUT2D eigenvalue weighted by molar-refractivity contribution is -0.124. The first-order chi connectivity index (χ1) is 20.3. The smallest absolute Gasteiger partial charge is 0.339 e. The fourth-order valence-electron chi connectivity index (χ4n) is 5.39. The Hall–Kier alpha value is -4.19. The first kappa shape index (κ1) is 29.3. The Labute approximate surface area is 246 Å². The average molecular weight is 572 g/mol. The summed E-state index contributed by atoms with van der Waals surface area (Å²) >= 11 is 0. The summed E-state index contributed by atoms with van der Waals surface area (Å²) in [7, 11) is 5.07. The number of fused-ring (bicyclic) bond motifs is 1. The van der Waals surface area contributed by atoms with Crippen LogP contribution in [0.3, 0.4) is 0 Å². The maximum atomic E-state index is 13.5. The molecule has 1 saturated heterocycles. The first-order valence-corrected chi connectivity index (χ1v) is 14.0. The lowest BCUT2D eigenvalue weighted by atomic mass is 9.99. The molecule has 5 rings (SSSR count). The van der Waals surface area contributed by atoms with Crippen LogP contribution in [0, 0.1) is 13.8 Å². The summed E-state index contributed by atoms with van der Waals surface area (Å²) in [6.45, 7) is 7.54. The van der Waals surface area contributed by atoms with Crippen LogP contribution in [-0.2, 0) is 20.7 Å². The largest absolute Gasteiger partial charge is 0.465 e. The molecule has 0 saturated carbocycles. The van der Waals surface area contributed by atoms with Crippen LogP contribution < -0.4 is 10.6 Å². The van der Waals surface area contributed by atoms with Gasteiger partial charge in [0.2, 0.25) is 11.9 Å². The van der Waals surface area contributed by atoms with Crippen molar-refractivity contribution in [2.75, 3.05) is 64.7 Å². The molecule has 3 heterocycles. The number of hydrogen-bond acceptors (Lipinski definition) is 10. The Kier molecular flexibility index (Phi) is 8.91. The number of likely N-dealkylation sites (N-methyl/N-ethyl adjacent to an activating group) is 1. The van der Waals surface area contributed by atoms with Gasteiger partial charge in [0.1, 0.15) is 6.04 Å². The van der Waals surface area contributed by atoms with Gasteiger partial charge in [-0.2, -0.15) is 0 Å². The van der Waals surface area contributed by atoms with Crippen LogP contribution in [0.15, 0.2) is 42.7 Å². The number of carbonyl (C=O) groups excluding carboxylic acids is 2. The second-order valence-electron chi connectivity index (χ2n) is 10.7. The second kappa shape index (κ2) is 12.8. The van der Waals surface area contributed by atoms with Crippen LogP contribution in [0.2, 0.25) is 0 Å². The zero-order chi connectivity index (χ0) is 29.8. The zero-order valence-electron chi connectivity index (χ0n) is 24.7. The van der Waals surface area contributed by atoms with E-state index in [0.717, 1.165) is 59.8 Å². The zero-order valence-corrected chi connectivity index (χ0v) is 24.7. The standard InChI is InChI=1S/C31H37N7O4/c1-19-16-33-31(34-21-15-25(30(40)42-5)20(2)32-17-21)36-28(19)24-10-9-23-22(24)7-6-8-26(23)35-29(39)27(18-41-4)38-13-11-37(3)12-14-38/h6-8,10,15-17,27H,9,11-14,18H2,1-5H3,(H,35,39)(H,33,34,36)/t27-/m1/s1. The summed E-state index contributed by atoms with van der Waals surface area (Å²) in [5.41, 5.74) is 7.08. The van der Waals surface area contributed by atoms with Gasteiger partial charge in [-0.05, 0) is 56.1 Å². The summed E-state index contributed by atoms with van der Waals surface area (Å²) in [6.07, 6.45) is 6.20. The molecule has 0 spiro atoms. The normalized spacial score (nSPS) is 16.0. The monoisotopic (exact) mass is 571 g/mol. The average Bonchev–Trinajstić information content (AvgIpc) is 3.43. The van der Waals surface area contributed by atoms with Gasteiger partial charge in [0, 0.05) is 50.7 Å². The minimum atomic E-state index is -0.457. The number of carbonyl (C=O) groups is 2. The quantitative estimate of drug-likeness (QED) is 0.370. The van der Waals surface area contributed by atoms with E-state index in [9.17, 15) is 9.59 Å². The molecule has 220 valence electrons. The van der Waals surface area contributed by atoms with E-state index in [4.69, 9.17) is 14.5 Å². The molecule has 1 aliphatic carbocycles. The lowest BCUT2D eigenvalue weighted by Crippen LogP contribution is -2.54. The Morgan fingerprint density at radius 3 is 2.60 bits per heavy atom. The maximum absolute atomic E-state index is 13.5. The van der Waals surface area contributed by atoms with Crippen molar-refractivity contribution in [3.8, 4) is 0 Å². The number of hydrogen-bond donors (Lipinski definition) is 2. The molecule has 11 nitrogen and oxygen atoms in total. The van der Waals surface area contributed by atoms with E-state index in [0.29, 0.717) is 35.9 Å². The number of aromatic nitrogens is 3. The lowest BCUT2D eigenvalue weighted by Gasteiger charge is -2.36. The molecule has 0 bridgehead atoms. The highest BCUT2D eigenvalue weighted by Gasteiger charge is 2.30. The van der Waals surface area contributed by atoms with E-state index < -0.39 is 5.97 Å². The first-order valence-electron chi connectivity index (χ1n) is 14.0. The van der Waals surface area contributed by atoms with Crippen LogP contribution in [0.1, 0.15) is 38.4 Å². The molecule has 2 N–H and O–H groups in total. The number of piperazine rings is 1. The third kappa shape index (κ3) is 6.18. The van der Waals surface area contributed by atoms with Crippen LogP contribution in [0.25, 0.3) is 5.57 Å². The van der Waals surface area contributed by atoms with Crippen molar-refractivity contribution in [3.05, 3.63) is 76.4 Å². The van der Waals surface area contributed by atoms with E-state index in [-0.39, 0.29) is 11.9 Å². The number of methoxy groups -OCH3 is 2. The number of esters is 1. The van der Waals surface area contributed by atoms with Crippen molar-refractivity contribution in [1.82, 2.24) is 24.8 Å². The Balaban J connectivity index is 1.37. The molecule has 3 aromatic rings. The number of allylic oxidation sites excluding steroid dienone is 1. The van der Waals surface area contributed by atoms with Gasteiger partial charge in [0.05, 0.1) is 42.6 Å². The van der Waals surface area contributed by atoms with Gasteiger partial charge < -0.3 is 25.0 Å². The minimum Gasteiger partial charge on any atom is -0.465 e. The summed E-state index contributed by atoms with van der Waals surface area (Å²) in [4.78, 5) is 43.7. The van der Waals surface area contributed by atoms with E-state index in [2.05, 4.69) is 49.6 Å². The van der Waals surface area contributed by atoms with Crippen LogP contribution >= 0.6 is 0 Å². The summed E-state index contributed by atoms with van der Waals surface area (Å²) in [5, 5.41) is 6.36. The van der Waals surface area contributed by atoms with Gasteiger partial charge in [-0.25, -0.2) is 14.8 Å². The minimum absolute atomic E-state index is 0.0639. The number of amides is 1. The second-order valence-corrected chi connectivity index (χ2v) is 10.7. The Morgan fingerprint density at radius 2 is 1.86 bits per heavy atom. The van der Waals surface area contributed by atoms with Crippen molar-refractivity contribution in [1.29, 1.82) is 0 Å². The Morgan fingerprint density at radius 1 is 1.07 bits per heavy atom. The van der Waals surface area contributed by atoms with Gasteiger partial charge in [0.15, 0.2) is 0 Å².